The van der Waals surface area contributed by atoms with Gasteiger partial charge in [0.2, 0.25) is 0 Å². The molecule has 0 bridgehead atoms. The lowest BCUT2D eigenvalue weighted by Gasteiger charge is -2.33. The number of piperazine rings is 1. The van der Waals surface area contributed by atoms with Crippen LogP contribution in [0.1, 0.15) is 6.92 Å². The summed E-state index contributed by atoms with van der Waals surface area (Å²) in [4.78, 5) is 6.69. The standard InChI is InChI=1S/C22H21F2N5/c1-13-11-29(6-5-25-13)17-8-14-3-4-20(26-21(14)19(24)10-17)15-7-16-12-28(2)27-22(16)18(23)9-15/h3-4,7-10,12-13,25H,5-6,11H2,1-2H3. The molecule has 29 heavy (non-hydrogen) atoms. The highest BCUT2D eigenvalue weighted by Crippen LogP contribution is 2.30. The fraction of sp³-hybridized carbons (Fsp3) is 0.273. The molecular formula is C22H21F2N5. The van der Waals surface area contributed by atoms with Crippen LogP contribution in [0, 0.1) is 11.6 Å². The van der Waals surface area contributed by atoms with Crippen LogP contribution in [-0.4, -0.2) is 40.4 Å². The van der Waals surface area contributed by atoms with Crippen LogP contribution in [0.3, 0.4) is 0 Å². The van der Waals surface area contributed by atoms with Crippen molar-refractivity contribution in [3.05, 3.63) is 54.2 Å². The summed E-state index contributed by atoms with van der Waals surface area (Å²) in [5.41, 5.74) is 2.61. The zero-order valence-electron chi connectivity index (χ0n) is 16.3. The summed E-state index contributed by atoms with van der Waals surface area (Å²) < 4.78 is 31.0. The van der Waals surface area contributed by atoms with Crippen LogP contribution in [0.4, 0.5) is 14.5 Å². The first kappa shape index (κ1) is 18.0. The zero-order valence-corrected chi connectivity index (χ0v) is 16.3. The van der Waals surface area contributed by atoms with Crippen molar-refractivity contribution in [2.45, 2.75) is 13.0 Å². The van der Waals surface area contributed by atoms with Crippen molar-refractivity contribution in [1.82, 2.24) is 20.1 Å². The van der Waals surface area contributed by atoms with E-state index in [9.17, 15) is 8.78 Å². The third-order valence-corrected chi connectivity index (χ3v) is 5.44. The van der Waals surface area contributed by atoms with Crippen molar-refractivity contribution in [3.63, 3.8) is 0 Å². The second kappa shape index (κ2) is 6.77. The van der Waals surface area contributed by atoms with Gasteiger partial charge < -0.3 is 10.2 Å². The third-order valence-electron chi connectivity index (χ3n) is 5.44. The summed E-state index contributed by atoms with van der Waals surface area (Å²) in [6.45, 7) is 4.67. The van der Waals surface area contributed by atoms with Gasteiger partial charge in [-0.1, -0.05) is 6.07 Å². The van der Waals surface area contributed by atoms with Crippen molar-refractivity contribution in [2.75, 3.05) is 24.5 Å². The maximum Gasteiger partial charge on any atom is 0.151 e. The number of hydrogen-bond donors (Lipinski definition) is 1. The molecule has 1 aliphatic heterocycles. The number of pyridine rings is 1. The molecule has 0 radical (unpaired) electrons. The first-order valence-electron chi connectivity index (χ1n) is 9.70. The Balaban J connectivity index is 1.57. The number of hydrogen-bond acceptors (Lipinski definition) is 4. The van der Waals surface area contributed by atoms with Crippen LogP contribution >= 0.6 is 0 Å². The van der Waals surface area contributed by atoms with E-state index in [-0.39, 0.29) is 5.82 Å². The topological polar surface area (TPSA) is 46.0 Å². The number of aryl methyl sites for hydroxylation is 1. The molecule has 1 unspecified atom stereocenters. The number of aromatic nitrogens is 3. The van der Waals surface area contributed by atoms with Gasteiger partial charge in [-0.25, -0.2) is 13.8 Å². The maximum atomic E-state index is 14.9. The van der Waals surface area contributed by atoms with Crippen molar-refractivity contribution >= 4 is 27.5 Å². The maximum absolute atomic E-state index is 14.9. The number of halogens is 2. The summed E-state index contributed by atoms with van der Waals surface area (Å²) in [7, 11) is 1.75. The molecule has 2 aromatic heterocycles. The normalized spacial score (nSPS) is 17.4. The highest BCUT2D eigenvalue weighted by Gasteiger charge is 2.18. The van der Waals surface area contributed by atoms with Gasteiger partial charge in [-0.05, 0) is 37.3 Å². The molecule has 1 N–H and O–H groups in total. The molecule has 1 atom stereocenters. The van der Waals surface area contributed by atoms with Gasteiger partial charge in [-0.3, -0.25) is 4.68 Å². The summed E-state index contributed by atoms with van der Waals surface area (Å²) in [6.07, 6.45) is 1.75. The predicted octanol–water partition coefficient (Wildman–Crippen LogP) is 3.86. The first-order valence-corrected chi connectivity index (χ1v) is 9.70. The summed E-state index contributed by atoms with van der Waals surface area (Å²) in [6, 6.07) is 10.8. The molecule has 3 heterocycles. The van der Waals surface area contributed by atoms with E-state index >= 15 is 0 Å². The van der Waals surface area contributed by atoms with Crippen LogP contribution in [-0.2, 0) is 7.05 Å². The lowest BCUT2D eigenvalue weighted by molar-refractivity contribution is 0.484. The Morgan fingerprint density at radius 1 is 1.03 bits per heavy atom. The van der Waals surface area contributed by atoms with Gasteiger partial charge in [0, 0.05) is 60.9 Å². The van der Waals surface area contributed by atoms with Gasteiger partial charge in [0.25, 0.3) is 0 Å². The largest absolute Gasteiger partial charge is 0.369 e. The predicted molar refractivity (Wildman–Crippen MR) is 111 cm³/mol. The number of anilines is 1. The van der Waals surface area contributed by atoms with Crippen molar-refractivity contribution in [2.24, 2.45) is 7.05 Å². The molecule has 7 heteroatoms. The number of rotatable bonds is 2. The Morgan fingerprint density at radius 3 is 2.69 bits per heavy atom. The van der Waals surface area contributed by atoms with E-state index in [1.807, 2.05) is 24.3 Å². The van der Waals surface area contributed by atoms with E-state index in [0.29, 0.717) is 33.7 Å². The Hall–Kier alpha value is -3.06. The average molecular weight is 393 g/mol. The number of benzene rings is 2. The molecule has 1 aliphatic rings. The lowest BCUT2D eigenvalue weighted by Crippen LogP contribution is -2.49. The molecule has 5 rings (SSSR count). The summed E-state index contributed by atoms with van der Waals surface area (Å²) in [5, 5.41) is 8.94. The van der Waals surface area contributed by atoms with Crippen LogP contribution in [0.25, 0.3) is 33.1 Å². The smallest absolute Gasteiger partial charge is 0.151 e. The summed E-state index contributed by atoms with van der Waals surface area (Å²) >= 11 is 0. The van der Waals surface area contributed by atoms with Crippen LogP contribution < -0.4 is 10.2 Å². The lowest BCUT2D eigenvalue weighted by atomic mass is 10.1. The molecule has 0 saturated carbocycles. The van der Waals surface area contributed by atoms with Gasteiger partial charge in [-0.2, -0.15) is 5.10 Å². The molecule has 1 saturated heterocycles. The fourth-order valence-electron chi connectivity index (χ4n) is 4.05. The van der Waals surface area contributed by atoms with Crippen LogP contribution in [0.15, 0.2) is 42.6 Å². The quantitative estimate of drug-likeness (QED) is 0.562. The molecular weight excluding hydrogens is 372 g/mol. The van der Waals surface area contributed by atoms with Crippen molar-refractivity contribution in [1.29, 1.82) is 0 Å². The van der Waals surface area contributed by atoms with E-state index < -0.39 is 5.82 Å². The van der Waals surface area contributed by atoms with Crippen LogP contribution in [0.2, 0.25) is 0 Å². The van der Waals surface area contributed by atoms with Gasteiger partial charge in [0.1, 0.15) is 11.0 Å². The summed E-state index contributed by atoms with van der Waals surface area (Å²) in [5.74, 6) is -0.780. The van der Waals surface area contributed by atoms with E-state index in [4.69, 9.17) is 0 Å². The Morgan fingerprint density at radius 2 is 1.86 bits per heavy atom. The second-order valence-corrected chi connectivity index (χ2v) is 7.70. The minimum absolute atomic E-state index is 0.293. The van der Waals surface area contributed by atoms with E-state index in [1.54, 1.807) is 24.0 Å². The minimum Gasteiger partial charge on any atom is -0.369 e. The minimum atomic E-state index is -0.413. The van der Waals surface area contributed by atoms with E-state index in [0.717, 1.165) is 30.7 Å². The Kier molecular flexibility index (Phi) is 4.20. The van der Waals surface area contributed by atoms with E-state index in [1.165, 1.54) is 6.07 Å². The van der Waals surface area contributed by atoms with Gasteiger partial charge in [0.05, 0.1) is 5.69 Å². The second-order valence-electron chi connectivity index (χ2n) is 7.70. The van der Waals surface area contributed by atoms with Crippen molar-refractivity contribution in [3.8, 4) is 11.3 Å². The third kappa shape index (κ3) is 3.21. The molecule has 0 aliphatic carbocycles. The number of fused-ring (bicyclic) bond motifs is 2. The zero-order chi connectivity index (χ0) is 20.1. The Bertz CT molecular complexity index is 1230. The molecule has 2 aromatic carbocycles. The van der Waals surface area contributed by atoms with E-state index in [2.05, 4.69) is 27.2 Å². The highest BCUT2D eigenvalue weighted by atomic mass is 19.1. The SMILES string of the molecule is CC1CN(c2cc(F)c3nc(-c4cc(F)c5nn(C)cc5c4)ccc3c2)CCN1. The monoisotopic (exact) mass is 393 g/mol. The van der Waals surface area contributed by atoms with Crippen LogP contribution in [0.5, 0.6) is 0 Å². The fourth-order valence-corrected chi connectivity index (χ4v) is 4.05. The Labute approximate surface area is 167 Å². The number of nitrogens with zero attached hydrogens (tertiary/aromatic N) is 4. The first-order chi connectivity index (χ1) is 14.0. The molecule has 0 amide bonds. The van der Waals surface area contributed by atoms with Crippen molar-refractivity contribution < 1.29 is 8.78 Å². The van der Waals surface area contributed by atoms with Gasteiger partial charge in [0.15, 0.2) is 11.6 Å². The molecule has 4 aromatic rings. The molecule has 0 spiro atoms. The molecule has 148 valence electrons. The van der Waals surface area contributed by atoms with Gasteiger partial charge >= 0.3 is 0 Å². The molecule has 5 nitrogen and oxygen atoms in total. The number of nitrogens with one attached hydrogen (secondary N) is 1. The molecule has 1 fully saturated rings. The van der Waals surface area contributed by atoms with Gasteiger partial charge in [-0.15, -0.1) is 0 Å². The average Bonchev–Trinajstić information content (AvgIpc) is 3.08. The highest BCUT2D eigenvalue weighted by molar-refractivity contribution is 5.88.